The Morgan fingerprint density at radius 2 is 1.83 bits per heavy atom. The van der Waals surface area contributed by atoms with Gasteiger partial charge in [0.15, 0.2) is 0 Å². The molecule has 4 rings (SSSR count). The number of hydrogen-bond acceptors (Lipinski definition) is 3. The van der Waals surface area contributed by atoms with E-state index in [4.69, 9.17) is 5.73 Å². The van der Waals surface area contributed by atoms with E-state index < -0.39 is 11.6 Å². The summed E-state index contributed by atoms with van der Waals surface area (Å²) in [5.41, 5.74) is 8.26. The van der Waals surface area contributed by atoms with Crippen molar-refractivity contribution >= 4 is 0 Å². The van der Waals surface area contributed by atoms with Crippen molar-refractivity contribution in [1.29, 1.82) is 0 Å². The summed E-state index contributed by atoms with van der Waals surface area (Å²) in [6, 6.07) is 0. The van der Waals surface area contributed by atoms with Crippen LogP contribution in [0.15, 0.2) is 11.6 Å². The molecular weight excluding hydrogens is 298 g/mol. The molecule has 4 N–H and O–H groups in total. The normalized spacial score (nSPS) is 55.2. The molecule has 4 aliphatic carbocycles. The summed E-state index contributed by atoms with van der Waals surface area (Å²) < 4.78 is 0. The predicted molar refractivity (Wildman–Crippen MR) is 96.3 cm³/mol. The van der Waals surface area contributed by atoms with Gasteiger partial charge in [-0.25, -0.2) is 0 Å². The number of hydrogen-bond donors (Lipinski definition) is 3. The monoisotopic (exact) mass is 333 g/mol. The van der Waals surface area contributed by atoms with Gasteiger partial charge in [0.05, 0.1) is 12.2 Å². The van der Waals surface area contributed by atoms with Crippen LogP contribution in [0.25, 0.3) is 0 Å². The first-order valence-electron chi connectivity index (χ1n) is 10.1. The van der Waals surface area contributed by atoms with Crippen LogP contribution in [0.2, 0.25) is 0 Å². The lowest BCUT2D eigenvalue weighted by Gasteiger charge is -2.59. The second kappa shape index (κ2) is 5.31. The highest BCUT2D eigenvalue weighted by Gasteiger charge is 2.63. The second-order valence-electron chi connectivity index (χ2n) is 9.87. The smallest absolute Gasteiger partial charge is 0.0697 e. The van der Waals surface area contributed by atoms with Crippen molar-refractivity contribution in [3.63, 3.8) is 0 Å². The molecule has 4 aliphatic rings. The first kappa shape index (κ1) is 17.1. The maximum Gasteiger partial charge on any atom is 0.0697 e. The number of aliphatic hydroxyl groups excluding tert-OH is 2. The lowest BCUT2D eigenvalue weighted by Crippen LogP contribution is -2.62. The SMILES string of the molecule is CC(O)C1(N)CCC2C3CC=C4CC(O)CCC4(C)C3CCC21C. The van der Waals surface area contributed by atoms with E-state index in [1.165, 1.54) is 18.4 Å². The molecule has 3 nitrogen and oxygen atoms in total. The summed E-state index contributed by atoms with van der Waals surface area (Å²) in [5, 5.41) is 20.5. The van der Waals surface area contributed by atoms with E-state index in [1.807, 2.05) is 6.92 Å². The molecule has 24 heavy (non-hydrogen) atoms. The molecule has 0 aromatic heterocycles. The summed E-state index contributed by atoms with van der Waals surface area (Å²) in [6.45, 7) is 6.71. The summed E-state index contributed by atoms with van der Waals surface area (Å²) in [6.07, 6.45) is 10.5. The average Bonchev–Trinajstić information content (AvgIpc) is 2.81. The highest BCUT2D eigenvalue weighted by molar-refractivity contribution is 5.26. The van der Waals surface area contributed by atoms with Crippen LogP contribution in [-0.2, 0) is 0 Å². The number of aliphatic hydroxyl groups is 2. The summed E-state index contributed by atoms with van der Waals surface area (Å²) in [5.74, 6) is 2.08. The Kier molecular flexibility index (Phi) is 3.77. The third-order valence-corrected chi connectivity index (χ3v) is 9.15. The van der Waals surface area contributed by atoms with E-state index in [2.05, 4.69) is 19.9 Å². The van der Waals surface area contributed by atoms with E-state index in [1.54, 1.807) is 0 Å². The zero-order valence-electron chi connectivity index (χ0n) is 15.6. The van der Waals surface area contributed by atoms with E-state index in [0.717, 1.165) is 44.4 Å². The minimum Gasteiger partial charge on any atom is -0.393 e. The molecule has 0 aliphatic heterocycles. The van der Waals surface area contributed by atoms with Crippen LogP contribution < -0.4 is 5.73 Å². The largest absolute Gasteiger partial charge is 0.393 e. The molecule has 136 valence electrons. The number of nitrogens with two attached hydrogens (primary N) is 1. The molecule has 3 saturated carbocycles. The van der Waals surface area contributed by atoms with Crippen molar-refractivity contribution in [2.24, 2.45) is 34.3 Å². The second-order valence-corrected chi connectivity index (χ2v) is 9.87. The highest BCUT2D eigenvalue weighted by Crippen LogP contribution is 2.67. The first-order valence-corrected chi connectivity index (χ1v) is 10.1. The average molecular weight is 334 g/mol. The predicted octanol–water partition coefficient (Wildman–Crippen LogP) is 3.39. The van der Waals surface area contributed by atoms with Gasteiger partial charge in [0.25, 0.3) is 0 Å². The number of allylic oxidation sites excluding steroid dienone is 1. The van der Waals surface area contributed by atoms with Crippen LogP contribution in [0, 0.1) is 28.6 Å². The first-order chi connectivity index (χ1) is 11.2. The fourth-order valence-corrected chi connectivity index (χ4v) is 7.44. The van der Waals surface area contributed by atoms with Crippen molar-refractivity contribution in [3.8, 4) is 0 Å². The van der Waals surface area contributed by atoms with Crippen LogP contribution >= 0.6 is 0 Å². The minimum atomic E-state index is -0.431. The molecule has 0 aromatic carbocycles. The molecule has 3 fully saturated rings. The summed E-state index contributed by atoms with van der Waals surface area (Å²) in [7, 11) is 0. The van der Waals surface area contributed by atoms with Crippen molar-refractivity contribution < 1.29 is 10.2 Å². The van der Waals surface area contributed by atoms with Gasteiger partial charge in [-0.1, -0.05) is 25.5 Å². The van der Waals surface area contributed by atoms with E-state index in [9.17, 15) is 10.2 Å². The Morgan fingerprint density at radius 1 is 1.12 bits per heavy atom. The van der Waals surface area contributed by atoms with Gasteiger partial charge in [-0.05, 0) is 86.9 Å². The van der Waals surface area contributed by atoms with Crippen LogP contribution in [-0.4, -0.2) is 28.0 Å². The lowest BCUT2D eigenvalue weighted by atomic mass is 9.46. The molecule has 0 spiro atoms. The van der Waals surface area contributed by atoms with Gasteiger partial charge >= 0.3 is 0 Å². The van der Waals surface area contributed by atoms with E-state index >= 15 is 0 Å². The van der Waals surface area contributed by atoms with Gasteiger partial charge in [-0.2, -0.15) is 0 Å². The Hall–Kier alpha value is -0.380. The Balaban J connectivity index is 1.68. The maximum atomic E-state index is 10.4. The third kappa shape index (κ3) is 2.01. The van der Waals surface area contributed by atoms with Crippen molar-refractivity contribution in [2.75, 3.05) is 0 Å². The van der Waals surface area contributed by atoms with Crippen LogP contribution in [0.3, 0.4) is 0 Å². The van der Waals surface area contributed by atoms with Crippen molar-refractivity contribution in [2.45, 2.75) is 89.9 Å². The summed E-state index contributed by atoms with van der Waals surface area (Å²) in [4.78, 5) is 0. The van der Waals surface area contributed by atoms with Crippen molar-refractivity contribution in [3.05, 3.63) is 11.6 Å². The molecule has 3 heteroatoms. The fraction of sp³-hybridized carbons (Fsp3) is 0.905. The Labute approximate surface area is 146 Å². The third-order valence-electron chi connectivity index (χ3n) is 9.15. The number of fused-ring (bicyclic) bond motifs is 5. The Morgan fingerprint density at radius 3 is 2.54 bits per heavy atom. The van der Waals surface area contributed by atoms with Gasteiger partial charge in [-0.3, -0.25) is 0 Å². The standard InChI is InChI=1S/C21H35NO2/c1-13(23)21(22)11-8-18-16-5-4-14-12-15(24)6-9-19(14,2)17(16)7-10-20(18,21)3/h4,13,15-18,23-24H,5-12,22H2,1-3H3. The molecule has 8 atom stereocenters. The molecule has 0 amide bonds. The van der Waals surface area contributed by atoms with Crippen LogP contribution in [0.1, 0.15) is 72.1 Å². The molecule has 8 unspecified atom stereocenters. The zero-order valence-corrected chi connectivity index (χ0v) is 15.6. The maximum absolute atomic E-state index is 10.4. The van der Waals surface area contributed by atoms with E-state index in [-0.39, 0.29) is 16.9 Å². The molecule has 0 radical (unpaired) electrons. The van der Waals surface area contributed by atoms with Crippen molar-refractivity contribution in [1.82, 2.24) is 0 Å². The van der Waals surface area contributed by atoms with E-state index in [0.29, 0.717) is 11.8 Å². The molecular formula is C21H35NO2. The topological polar surface area (TPSA) is 66.5 Å². The van der Waals surface area contributed by atoms with Gasteiger partial charge in [0, 0.05) is 5.54 Å². The Bertz CT molecular complexity index is 558. The molecule has 0 aromatic rings. The molecule has 0 saturated heterocycles. The van der Waals surface area contributed by atoms with Gasteiger partial charge in [-0.15, -0.1) is 0 Å². The van der Waals surface area contributed by atoms with Crippen LogP contribution in [0.4, 0.5) is 0 Å². The quantitative estimate of drug-likeness (QED) is 0.644. The zero-order chi connectivity index (χ0) is 17.3. The van der Waals surface area contributed by atoms with Gasteiger partial charge in [0.1, 0.15) is 0 Å². The lowest BCUT2D eigenvalue weighted by molar-refractivity contribution is -0.0778. The van der Waals surface area contributed by atoms with Crippen LogP contribution in [0.5, 0.6) is 0 Å². The minimum absolute atomic E-state index is 0.0677. The van der Waals surface area contributed by atoms with Gasteiger partial charge in [0.2, 0.25) is 0 Å². The molecule has 0 bridgehead atoms. The van der Waals surface area contributed by atoms with Gasteiger partial charge < -0.3 is 15.9 Å². The number of rotatable bonds is 1. The molecule has 0 heterocycles. The summed E-state index contributed by atoms with van der Waals surface area (Å²) >= 11 is 0. The highest BCUT2D eigenvalue weighted by atomic mass is 16.3. The fourth-order valence-electron chi connectivity index (χ4n) is 7.44.